The maximum Gasteiger partial charge on any atom is 0.137 e. The van der Waals surface area contributed by atoms with Crippen LogP contribution in [0.15, 0.2) is 18.3 Å². The smallest absolute Gasteiger partial charge is 0.137 e. The van der Waals surface area contributed by atoms with Crippen LogP contribution >= 0.6 is 0 Å². The fourth-order valence-corrected chi connectivity index (χ4v) is 2.06. The molecule has 1 aromatic rings. The molecule has 0 amide bonds. The number of methoxy groups -OCH3 is 1. The van der Waals surface area contributed by atoms with Gasteiger partial charge in [-0.3, -0.25) is 0 Å². The zero-order valence-corrected chi connectivity index (χ0v) is 9.94. The average Bonchev–Trinajstić information content (AvgIpc) is 2.82. The quantitative estimate of drug-likeness (QED) is 0.831. The molecule has 1 atom stereocenters. The first kappa shape index (κ1) is 11.2. The molecule has 1 N–H and O–H groups in total. The van der Waals surface area contributed by atoms with Gasteiger partial charge in [0.15, 0.2) is 0 Å². The summed E-state index contributed by atoms with van der Waals surface area (Å²) in [5.74, 6) is 1.80. The van der Waals surface area contributed by atoms with E-state index in [4.69, 9.17) is 4.74 Å². The number of aromatic nitrogens is 1. The molecule has 0 spiro atoms. The van der Waals surface area contributed by atoms with Crippen LogP contribution in [0.4, 0.5) is 5.82 Å². The van der Waals surface area contributed by atoms with E-state index in [1.807, 2.05) is 12.1 Å². The van der Waals surface area contributed by atoms with Crippen molar-refractivity contribution in [2.45, 2.75) is 18.9 Å². The van der Waals surface area contributed by atoms with Gasteiger partial charge in [-0.15, -0.1) is 0 Å². The Bertz CT molecular complexity index is 320. The average molecular weight is 221 g/mol. The van der Waals surface area contributed by atoms with Crippen molar-refractivity contribution in [2.24, 2.45) is 0 Å². The topological polar surface area (TPSA) is 37.4 Å². The summed E-state index contributed by atoms with van der Waals surface area (Å²) in [6.45, 7) is 2.16. The minimum atomic E-state index is 0.605. The molecule has 1 aliphatic rings. The third-order valence-electron chi connectivity index (χ3n) is 3.00. The van der Waals surface area contributed by atoms with Crippen molar-refractivity contribution in [3.63, 3.8) is 0 Å². The van der Waals surface area contributed by atoms with Crippen molar-refractivity contribution in [2.75, 3.05) is 32.1 Å². The van der Waals surface area contributed by atoms with Crippen molar-refractivity contribution < 1.29 is 4.74 Å². The van der Waals surface area contributed by atoms with Crippen LogP contribution in [0.1, 0.15) is 12.8 Å². The summed E-state index contributed by atoms with van der Waals surface area (Å²) in [4.78, 5) is 6.55. The van der Waals surface area contributed by atoms with Crippen molar-refractivity contribution >= 4 is 5.82 Å². The number of hydrogen-bond donors (Lipinski definition) is 1. The van der Waals surface area contributed by atoms with E-state index in [9.17, 15) is 0 Å². The van der Waals surface area contributed by atoms with Gasteiger partial charge in [0.2, 0.25) is 0 Å². The maximum absolute atomic E-state index is 5.09. The monoisotopic (exact) mass is 221 g/mol. The number of anilines is 1. The molecule has 1 saturated heterocycles. The molecule has 4 nitrogen and oxygen atoms in total. The van der Waals surface area contributed by atoms with Gasteiger partial charge in [-0.25, -0.2) is 4.98 Å². The van der Waals surface area contributed by atoms with Crippen LogP contribution in [0, 0.1) is 0 Å². The third-order valence-corrected chi connectivity index (χ3v) is 3.00. The summed E-state index contributed by atoms with van der Waals surface area (Å²) < 4.78 is 5.09. The molecule has 4 heteroatoms. The fraction of sp³-hybridized carbons (Fsp3) is 0.583. The summed E-state index contributed by atoms with van der Waals surface area (Å²) >= 11 is 0. The van der Waals surface area contributed by atoms with Crippen LogP contribution in [-0.2, 0) is 0 Å². The number of likely N-dealkylation sites (N-methyl/N-ethyl adjacent to an activating group) is 1. The Labute approximate surface area is 96.6 Å². The van der Waals surface area contributed by atoms with Crippen molar-refractivity contribution in [3.8, 4) is 5.75 Å². The van der Waals surface area contributed by atoms with E-state index in [0.29, 0.717) is 6.04 Å². The molecule has 16 heavy (non-hydrogen) atoms. The summed E-state index contributed by atoms with van der Waals surface area (Å²) in [5, 5.41) is 3.49. The standard InChI is InChI=1S/C12H19N3O/c1-15(9-10-4-3-7-13-10)12-6-5-11(16-2)8-14-12/h5-6,8,10,13H,3-4,7,9H2,1-2H3. The molecule has 0 aromatic carbocycles. The largest absolute Gasteiger partial charge is 0.495 e. The number of ether oxygens (including phenoxy) is 1. The zero-order valence-electron chi connectivity index (χ0n) is 9.94. The molecule has 1 aliphatic heterocycles. The van der Waals surface area contributed by atoms with Crippen LogP contribution in [0.2, 0.25) is 0 Å². The van der Waals surface area contributed by atoms with Gasteiger partial charge in [-0.1, -0.05) is 0 Å². The lowest BCUT2D eigenvalue weighted by Gasteiger charge is -2.22. The molecular weight excluding hydrogens is 202 g/mol. The van der Waals surface area contributed by atoms with E-state index in [1.165, 1.54) is 12.8 Å². The van der Waals surface area contributed by atoms with E-state index in [-0.39, 0.29) is 0 Å². The predicted octanol–water partition coefficient (Wildman–Crippen LogP) is 1.28. The van der Waals surface area contributed by atoms with Crippen LogP contribution in [0.3, 0.4) is 0 Å². The van der Waals surface area contributed by atoms with Crippen molar-refractivity contribution in [1.82, 2.24) is 10.3 Å². The summed E-state index contributed by atoms with van der Waals surface area (Å²) in [6.07, 6.45) is 4.31. The Hall–Kier alpha value is -1.29. The van der Waals surface area contributed by atoms with E-state index in [0.717, 1.165) is 24.7 Å². The van der Waals surface area contributed by atoms with Crippen LogP contribution in [0.25, 0.3) is 0 Å². The number of nitrogens with zero attached hydrogens (tertiary/aromatic N) is 2. The van der Waals surface area contributed by atoms with Gasteiger partial charge in [-0.2, -0.15) is 0 Å². The first-order valence-corrected chi connectivity index (χ1v) is 5.74. The Morgan fingerprint density at radius 1 is 1.56 bits per heavy atom. The minimum Gasteiger partial charge on any atom is -0.495 e. The van der Waals surface area contributed by atoms with Gasteiger partial charge in [0.05, 0.1) is 13.3 Å². The second-order valence-electron chi connectivity index (χ2n) is 4.23. The van der Waals surface area contributed by atoms with Crippen LogP contribution in [0.5, 0.6) is 5.75 Å². The first-order valence-electron chi connectivity index (χ1n) is 5.74. The molecule has 0 aliphatic carbocycles. The Morgan fingerprint density at radius 3 is 3.00 bits per heavy atom. The molecule has 1 unspecified atom stereocenters. The highest BCUT2D eigenvalue weighted by Crippen LogP contribution is 2.15. The van der Waals surface area contributed by atoms with Crippen LogP contribution in [-0.4, -0.2) is 38.3 Å². The van der Waals surface area contributed by atoms with Gasteiger partial charge in [0.25, 0.3) is 0 Å². The van der Waals surface area contributed by atoms with Gasteiger partial charge < -0.3 is 15.0 Å². The first-order chi connectivity index (χ1) is 7.79. The highest BCUT2D eigenvalue weighted by molar-refractivity contribution is 5.40. The Kier molecular flexibility index (Phi) is 3.62. The lowest BCUT2D eigenvalue weighted by Crippen LogP contribution is -2.35. The Balaban J connectivity index is 1.94. The molecule has 2 rings (SSSR count). The SMILES string of the molecule is COc1ccc(N(C)CC2CCCN2)nc1. The molecule has 88 valence electrons. The number of rotatable bonds is 4. The van der Waals surface area contributed by atoms with E-state index < -0.39 is 0 Å². The van der Waals surface area contributed by atoms with E-state index >= 15 is 0 Å². The predicted molar refractivity (Wildman–Crippen MR) is 65.1 cm³/mol. The minimum absolute atomic E-state index is 0.605. The maximum atomic E-state index is 5.09. The van der Waals surface area contributed by atoms with Crippen LogP contribution < -0.4 is 15.0 Å². The molecule has 1 aromatic heterocycles. The molecule has 0 bridgehead atoms. The summed E-state index contributed by atoms with van der Waals surface area (Å²) in [5.41, 5.74) is 0. The van der Waals surface area contributed by atoms with Gasteiger partial charge in [0, 0.05) is 19.6 Å². The number of nitrogens with one attached hydrogen (secondary N) is 1. The van der Waals surface area contributed by atoms with Gasteiger partial charge in [0.1, 0.15) is 11.6 Å². The summed E-state index contributed by atoms with van der Waals surface area (Å²) in [7, 11) is 3.73. The third kappa shape index (κ3) is 2.64. The molecular formula is C12H19N3O. The Morgan fingerprint density at radius 2 is 2.44 bits per heavy atom. The normalized spacial score (nSPS) is 19.8. The van der Waals surface area contributed by atoms with E-state index in [2.05, 4.69) is 22.2 Å². The zero-order chi connectivity index (χ0) is 11.4. The highest BCUT2D eigenvalue weighted by atomic mass is 16.5. The van der Waals surface area contributed by atoms with Gasteiger partial charge in [-0.05, 0) is 31.5 Å². The lowest BCUT2D eigenvalue weighted by atomic mass is 10.2. The molecule has 0 radical (unpaired) electrons. The van der Waals surface area contributed by atoms with Gasteiger partial charge >= 0.3 is 0 Å². The van der Waals surface area contributed by atoms with Crippen molar-refractivity contribution in [1.29, 1.82) is 0 Å². The molecule has 1 fully saturated rings. The molecule has 2 heterocycles. The second kappa shape index (κ2) is 5.16. The number of pyridine rings is 1. The van der Waals surface area contributed by atoms with Crippen molar-refractivity contribution in [3.05, 3.63) is 18.3 Å². The molecule has 0 saturated carbocycles. The second-order valence-corrected chi connectivity index (χ2v) is 4.23. The highest BCUT2D eigenvalue weighted by Gasteiger charge is 2.16. The fourth-order valence-electron chi connectivity index (χ4n) is 2.06. The summed E-state index contributed by atoms with van der Waals surface area (Å²) in [6, 6.07) is 4.54. The van der Waals surface area contributed by atoms with E-state index in [1.54, 1.807) is 13.3 Å². The lowest BCUT2D eigenvalue weighted by molar-refractivity contribution is 0.413. The number of hydrogen-bond acceptors (Lipinski definition) is 4.